The van der Waals surface area contributed by atoms with E-state index in [1.54, 1.807) is 24.6 Å². The molecule has 1 N–H and O–H groups in total. The molecule has 0 amide bonds. The number of nitrogens with one attached hydrogen (secondary N) is 1. The summed E-state index contributed by atoms with van der Waals surface area (Å²) in [6, 6.07) is 3.96. The number of aryl methyl sites for hydroxylation is 1. The monoisotopic (exact) mass is 245 g/mol. The number of fused-ring (bicyclic) bond motifs is 1. The summed E-state index contributed by atoms with van der Waals surface area (Å²) in [5, 5.41) is 8.96. The summed E-state index contributed by atoms with van der Waals surface area (Å²) < 4.78 is 6.49. The predicted molar refractivity (Wildman–Crippen MR) is 68.5 cm³/mol. The van der Waals surface area contributed by atoms with Gasteiger partial charge in [0.05, 0.1) is 29.2 Å². The van der Waals surface area contributed by atoms with Crippen LogP contribution >= 0.6 is 11.3 Å². The Morgan fingerprint density at radius 3 is 3.00 bits per heavy atom. The van der Waals surface area contributed by atoms with Crippen molar-refractivity contribution in [1.82, 2.24) is 15.2 Å². The number of H-pyrrole nitrogens is 1. The van der Waals surface area contributed by atoms with Crippen LogP contribution in [-0.4, -0.2) is 22.3 Å². The van der Waals surface area contributed by atoms with Gasteiger partial charge in [0.25, 0.3) is 0 Å². The highest BCUT2D eigenvalue weighted by molar-refractivity contribution is 7.17. The SMILES string of the molecule is COc1cc(-c2cn[nH]c2C)nc2ccsc12. The zero-order chi connectivity index (χ0) is 11.8. The third kappa shape index (κ3) is 1.59. The number of aromatic nitrogens is 3. The second-order valence-corrected chi connectivity index (χ2v) is 4.67. The minimum atomic E-state index is 0.862. The minimum Gasteiger partial charge on any atom is -0.495 e. The Balaban J connectivity index is 2.27. The first-order valence-corrected chi connectivity index (χ1v) is 6.10. The minimum absolute atomic E-state index is 0.862. The van der Waals surface area contributed by atoms with Crippen LogP contribution in [-0.2, 0) is 0 Å². The lowest BCUT2D eigenvalue weighted by Crippen LogP contribution is -1.89. The van der Waals surface area contributed by atoms with Gasteiger partial charge in [-0.05, 0) is 18.4 Å². The number of hydrogen-bond acceptors (Lipinski definition) is 4. The van der Waals surface area contributed by atoms with Gasteiger partial charge in [0.15, 0.2) is 0 Å². The predicted octanol–water partition coefficient (Wildman–Crippen LogP) is 3.00. The van der Waals surface area contributed by atoms with E-state index in [0.29, 0.717) is 0 Å². The molecule has 3 aromatic rings. The number of nitrogens with zero attached hydrogens (tertiary/aromatic N) is 2. The summed E-state index contributed by atoms with van der Waals surface area (Å²) in [6.45, 7) is 1.98. The highest BCUT2D eigenvalue weighted by atomic mass is 32.1. The molecule has 0 fully saturated rings. The zero-order valence-corrected chi connectivity index (χ0v) is 10.3. The Kier molecular flexibility index (Phi) is 2.33. The van der Waals surface area contributed by atoms with Gasteiger partial charge in [-0.25, -0.2) is 4.98 Å². The fourth-order valence-corrected chi connectivity index (χ4v) is 2.65. The number of methoxy groups -OCH3 is 1. The Bertz CT molecular complexity index is 671. The second-order valence-electron chi connectivity index (χ2n) is 3.75. The fourth-order valence-electron chi connectivity index (χ4n) is 1.83. The topological polar surface area (TPSA) is 50.8 Å². The summed E-state index contributed by atoms with van der Waals surface area (Å²) in [7, 11) is 1.68. The van der Waals surface area contributed by atoms with E-state index in [9.17, 15) is 0 Å². The maximum absolute atomic E-state index is 5.40. The van der Waals surface area contributed by atoms with Gasteiger partial charge in [-0.15, -0.1) is 11.3 Å². The van der Waals surface area contributed by atoms with Gasteiger partial charge in [0.2, 0.25) is 0 Å². The molecule has 0 aliphatic rings. The Morgan fingerprint density at radius 1 is 1.41 bits per heavy atom. The van der Waals surface area contributed by atoms with Crippen LogP contribution in [0.15, 0.2) is 23.7 Å². The molecule has 0 aliphatic heterocycles. The summed E-state index contributed by atoms with van der Waals surface area (Å²) in [5.74, 6) is 0.862. The number of aromatic amines is 1. The Morgan fingerprint density at radius 2 is 2.29 bits per heavy atom. The Hall–Kier alpha value is -1.88. The van der Waals surface area contributed by atoms with Crippen molar-refractivity contribution >= 4 is 21.6 Å². The van der Waals surface area contributed by atoms with Crippen molar-refractivity contribution in [2.24, 2.45) is 0 Å². The van der Waals surface area contributed by atoms with Crippen LogP contribution in [0.1, 0.15) is 5.69 Å². The standard InChI is InChI=1S/C12H11N3OS/c1-7-8(6-13-15-7)10-5-11(16-2)12-9(14-10)3-4-17-12/h3-6H,1-2H3,(H,13,15). The molecule has 3 rings (SSSR count). The highest BCUT2D eigenvalue weighted by Crippen LogP contribution is 2.33. The van der Waals surface area contributed by atoms with Gasteiger partial charge >= 0.3 is 0 Å². The first-order valence-electron chi connectivity index (χ1n) is 5.22. The lowest BCUT2D eigenvalue weighted by molar-refractivity contribution is 0.420. The summed E-state index contributed by atoms with van der Waals surface area (Å²) in [6.07, 6.45) is 1.79. The van der Waals surface area contributed by atoms with E-state index in [1.807, 2.05) is 24.4 Å². The molecule has 3 aromatic heterocycles. The molecular formula is C12H11N3OS. The zero-order valence-electron chi connectivity index (χ0n) is 9.52. The van der Waals surface area contributed by atoms with Gasteiger partial charge in [-0.2, -0.15) is 5.10 Å². The molecule has 0 saturated carbocycles. The van der Waals surface area contributed by atoms with Crippen LogP contribution in [0.4, 0.5) is 0 Å². The molecule has 0 spiro atoms. The van der Waals surface area contributed by atoms with E-state index >= 15 is 0 Å². The third-order valence-corrected chi connectivity index (χ3v) is 3.62. The van der Waals surface area contributed by atoms with Crippen LogP contribution in [0.2, 0.25) is 0 Å². The van der Waals surface area contributed by atoms with Crippen LogP contribution in [0, 0.1) is 6.92 Å². The number of hydrogen-bond donors (Lipinski definition) is 1. The van der Waals surface area contributed by atoms with Crippen LogP contribution in [0.3, 0.4) is 0 Å². The van der Waals surface area contributed by atoms with E-state index in [4.69, 9.17) is 4.74 Å². The van der Waals surface area contributed by atoms with E-state index < -0.39 is 0 Å². The number of rotatable bonds is 2. The van der Waals surface area contributed by atoms with E-state index in [2.05, 4.69) is 15.2 Å². The molecule has 5 heteroatoms. The smallest absolute Gasteiger partial charge is 0.140 e. The van der Waals surface area contributed by atoms with Crippen molar-refractivity contribution in [3.05, 3.63) is 29.4 Å². The molecular weight excluding hydrogens is 234 g/mol. The molecule has 0 saturated heterocycles. The van der Waals surface area contributed by atoms with Gasteiger partial charge in [0, 0.05) is 17.3 Å². The second kappa shape index (κ2) is 3.85. The van der Waals surface area contributed by atoms with Gasteiger partial charge < -0.3 is 4.74 Å². The molecule has 0 bridgehead atoms. The quantitative estimate of drug-likeness (QED) is 0.755. The summed E-state index contributed by atoms with van der Waals surface area (Å²) in [5.41, 5.74) is 3.87. The van der Waals surface area contributed by atoms with Crippen molar-refractivity contribution in [2.75, 3.05) is 7.11 Å². The molecule has 0 unspecified atom stereocenters. The molecule has 4 nitrogen and oxygen atoms in total. The molecule has 0 aromatic carbocycles. The number of pyridine rings is 1. The molecule has 3 heterocycles. The number of ether oxygens (including phenoxy) is 1. The first-order chi connectivity index (χ1) is 8.29. The summed E-state index contributed by atoms with van der Waals surface area (Å²) >= 11 is 1.64. The fraction of sp³-hybridized carbons (Fsp3) is 0.167. The molecule has 86 valence electrons. The maximum atomic E-state index is 5.40. The van der Waals surface area contributed by atoms with E-state index in [0.717, 1.165) is 32.9 Å². The lowest BCUT2D eigenvalue weighted by atomic mass is 10.1. The van der Waals surface area contributed by atoms with Crippen molar-refractivity contribution in [1.29, 1.82) is 0 Å². The molecule has 0 atom stereocenters. The number of thiophene rings is 1. The van der Waals surface area contributed by atoms with Crippen molar-refractivity contribution in [2.45, 2.75) is 6.92 Å². The highest BCUT2D eigenvalue weighted by Gasteiger charge is 2.11. The Labute approximate surface area is 102 Å². The van der Waals surface area contributed by atoms with E-state index in [-0.39, 0.29) is 0 Å². The van der Waals surface area contributed by atoms with E-state index in [1.165, 1.54) is 0 Å². The van der Waals surface area contributed by atoms with Crippen LogP contribution in [0.5, 0.6) is 5.75 Å². The maximum Gasteiger partial charge on any atom is 0.140 e. The summed E-state index contributed by atoms with van der Waals surface area (Å²) in [4.78, 5) is 4.62. The van der Waals surface area contributed by atoms with Crippen molar-refractivity contribution in [3.63, 3.8) is 0 Å². The normalized spacial score (nSPS) is 10.9. The largest absolute Gasteiger partial charge is 0.495 e. The van der Waals surface area contributed by atoms with Gasteiger partial charge in [0.1, 0.15) is 5.75 Å². The van der Waals surface area contributed by atoms with Crippen molar-refractivity contribution in [3.8, 4) is 17.0 Å². The average Bonchev–Trinajstić information content (AvgIpc) is 2.95. The molecule has 0 aliphatic carbocycles. The first kappa shape index (κ1) is 10.3. The van der Waals surface area contributed by atoms with Crippen LogP contribution in [0.25, 0.3) is 21.5 Å². The molecule has 17 heavy (non-hydrogen) atoms. The van der Waals surface area contributed by atoms with Crippen LogP contribution < -0.4 is 4.74 Å². The third-order valence-electron chi connectivity index (χ3n) is 2.70. The van der Waals surface area contributed by atoms with Crippen molar-refractivity contribution < 1.29 is 4.74 Å². The van der Waals surface area contributed by atoms with Gasteiger partial charge in [-0.1, -0.05) is 0 Å². The molecule has 0 radical (unpaired) electrons. The lowest BCUT2D eigenvalue weighted by Gasteiger charge is -2.04. The average molecular weight is 245 g/mol. The van der Waals surface area contributed by atoms with Gasteiger partial charge in [-0.3, -0.25) is 5.10 Å².